The zero-order chi connectivity index (χ0) is 37.6. The van der Waals surface area contributed by atoms with Crippen LogP contribution in [0.15, 0.2) is 73.0 Å². The van der Waals surface area contributed by atoms with Gasteiger partial charge in [0.2, 0.25) is 0 Å². The Morgan fingerprint density at radius 2 is 1.20 bits per heavy atom. The highest BCUT2D eigenvalue weighted by Crippen LogP contribution is 2.51. The number of benzene rings is 2. The third-order valence-electron chi connectivity index (χ3n) is 8.67. The quantitative estimate of drug-likeness (QED) is 0.0711. The molecule has 280 valence electrons. The molecule has 0 spiro atoms. The van der Waals surface area contributed by atoms with Crippen LogP contribution in [0.5, 0.6) is 0 Å². The van der Waals surface area contributed by atoms with Crippen molar-refractivity contribution in [1.82, 2.24) is 14.7 Å². The normalized spacial score (nSPS) is 16.5. The number of aliphatic carboxylic acids is 4. The lowest BCUT2D eigenvalue weighted by atomic mass is 9.65. The number of carboxylic acids is 4. The van der Waals surface area contributed by atoms with Crippen molar-refractivity contribution in [1.29, 1.82) is 0 Å². The van der Waals surface area contributed by atoms with E-state index in [0.717, 1.165) is 16.0 Å². The molecule has 1 aliphatic rings. The fourth-order valence-corrected chi connectivity index (χ4v) is 7.46. The largest absolute Gasteiger partial charge is 0.512 e. The summed E-state index contributed by atoms with van der Waals surface area (Å²) in [5.41, 5.74) is 1.87. The molecule has 2 unspecified atom stereocenters. The standard InChI is InChI=1S/C34H46N3O13P/c1-25(38)18-35(20-30(39)40)16-17-36(21-31(41)42)19-28(37(22-32(43)44)23-33(45)46)24-49-51(47,48)50-29-12-14-34(15-13-29,26-8-4-2-5-9-26)27-10-6-3-7-11-27/h2-11,28-29,38H,1,12-24H2,(H,39,40)(H,41,42)(H,43,44)(H,45,46)(H,47,48). The second-order valence-corrected chi connectivity index (χ2v) is 13.9. The van der Waals surface area contributed by atoms with Crippen molar-refractivity contribution in [3.8, 4) is 0 Å². The number of hydrogen-bond acceptors (Lipinski definition) is 11. The van der Waals surface area contributed by atoms with Gasteiger partial charge in [-0.25, -0.2) is 4.57 Å². The smallest absolute Gasteiger partial charge is 0.472 e. The SMILES string of the molecule is C=C(O)CN(CCN(CC(=O)O)CC(COP(=O)(O)OC1CCC(c2ccccc2)(c2ccccc2)CC1)N(CC(=O)O)CC(=O)O)CC(=O)O. The first kappa shape index (κ1) is 41.3. The molecule has 2 aromatic rings. The summed E-state index contributed by atoms with van der Waals surface area (Å²) in [5, 5.41) is 47.4. The summed E-state index contributed by atoms with van der Waals surface area (Å²) in [6.45, 7) is -0.944. The fourth-order valence-electron chi connectivity index (χ4n) is 6.45. The highest BCUT2D eigenvalue weighted by molar-refractivity contribution is 7.47. The molecule has 16 nitrogen and oxygen atoms in total. The highest BCUT2D eigenvalue weighted by atomic mass is 31.2. The van der Waals surface area contributed by atoms with Crippen LogP contribution in [0.2, 0.25) is 0 Å². The third kappa shape index (κ3) is 13.8. The topological polar surface area (TPSA) is 235 Å². The minimum absolute atomic E-state index is 0.0820. The summed E-state index contributed by atoms with van der Waals surface area (Å²) in [6.07, 6.45) is 1.35. The zero-order valence-corrected chi connectivity index (χ0v) is 29.1. The number of phosphoric ester groups is 1. The lowest BCUT2D eigenvalue weighted by Crippen LogP contribution is -2.52. The second-order valence-electron chi connectivity index (χ2n) is 12.5. The van der Waals surface area contributed by atoms with Crippen LogP contribution in [-0.4, -0.2) is 140 Å². The Kier molecular flexibility index (Phi) is 15.7. The van der Waals surface area contributed by atoms with Gasteiger partial charge in [-0.2, -0.15) is 0 Å². The Balaban J connectivity index is 1.77. The van der Waals surface area contributed by atoms with E-state index in [1.54, 1.807) is 0 Å². The summed E-state index contributed by atoms with van der Waals surface area (Å²) in [7, 11) is -4.81. The molecule has 3 rings (SSSR count). The van der Waals surface area contributed by atoms with Gasteiger partial charge in [-0.3, -0.25) is 42.9 Å². The molecule has 1 saturated carbocycles. The molecule has 0 radical (unpaired) electrons. The van der Waals surface area contributed by atoms with E-state index in [-0.39, 0.29) is 37.4 Å². The molecular weight excluding hydrogens is 689 g/mol. The highest BCUT2D eigenvalue weighted by Gasteiger charge is 2.41. The summed E-state index contributed by atoms with van der Waals surface area (Å²) >= 11 is 0. The Hall–Kier alpha value is -4.15. The Morgan fingerprint density at radius 1 is 0.745 bits per heavy atom. The molecule has 0 heterocycles. The van der Waals surface area contributed by atoms with Gasteiger partial charge in [0.25, 0.3) is 0 Å². The number of carboxylic acid groups (broad SMARTS) is 4. The van der Waals surface area contributed by atoms with Crippen molar-refractivity contribution < 1.29 is 63.2 Å². The van der Waals surface area contributed by atoms with E-state index >= 15 is 0 Å². The number of hydrogen-bond donors (Lipinski definition) is 6. The molecule has 0 saturated heterocycles. The maximum atomic E-state index is 13.3. The molecule has 1 aliphatic carbocycles. The van der Waals surface area contributed by atoms with Crippen LogP contribution in [0.25, 0.3) is 0 Å². The van der Waals surface area contributed by atoms with E-state index in [9.17, 15) is 54.2 Å². The average molecular weight is 736 g/mol. The minimum atomic E-state index is -4.81. The molecule has 2 aromatic carbocycles. The monoisotopic (exact) mass is 735 g/mol. The summed E-state index contributed by atoms with van der Waals surface area (Å²) in [5.74, 6) is -5.67. The van der Waals surface area contributed by atoms with Crippen molar-refractivity contribution >= 4 is 31.7 Å². The summed E-state index contributed by atoms with van der Waals surface area (Å²) in [4.78, 5) is 60.8. The molecule has 6 N–H and O–H groups in total. The molecule has 2 atom stereocenters. The number of aliphatic hydroxyl groups is 1. The summed E-state index contributed by atoms with van der Waals surface area (Å²) in [6, 6.07) is 18.7. The van der Waals surface area contributed by atoms with Gasteiger partial charge in [-0.1, -0.05) is 67.2 Å². The van der Waals surface area contributed by atoms with Gasteiger partial charge in [0.05, 0.1) is 51.2 Å². The Bertz CT molecular complexity index is 1450. The van der Waals surface area contributed by atoms with Crippen LogP contribution in [0.4, 0.5) is 0 Å². The number of carbonyl (C=O) groups is 4. The number of aliphatic hydroxyl groups excluding tert-OH is 1. The van der Waals surface area contributed by atoms with Crippen LogP contribution >= 0.6 is 7.82 Å². The number of nitrogens with zero attached hydrogens (tertiary/aromatic N) is 3. The summed E-state index contributed by atoms with van der Waals surface area (Å²) < 4.78 is 24.2. The van der Waals surface area contributed by atoms with Gasteiger partial charge in [-0.15, -0.1) is 0 Å². The minimum Gasteiger partial charge on any atom is -0.512 e. The van der Waals surface area contributed by atoms with Gasteiger partial charge >= 0.3 is 31.7 Å². The van der Waals surface area contributed by atoms with E-state index in [0.29, 0.717) is 25.7 Å². The van der Waals surface area contributed by atoms with Gasteiger partial charge in [-0.05, 0) is 36.8 Å². The first-order valence-electron chi connectivity index (χ1n) is 16.3. The van der Waals surface area contributed by atoms with Crippen molar-refractivity contribution in [2.75, 3.05) is 59.0 Å². The molecular formula is C34H46N3O13P. The van der Waals surface area contributed by atoms with Crippen LogP contribution in [0.3, 0.4) is 0 Å². The van der Waals surface area contributed by atoms with Gasteiger partial charge in [0, 0.05) is 31.1 Å². The lowest BCUT2D eigenvalue weighted by Gasteiger charge is -2.41. The van der Waals surface area contributed by atoms with E-state index < -0.39 is 76.6 Å². The van der Waals surface area contributed by atoms with Crippen LogP contribution in [0, 0.1) is 0 Å². The fraction of sp³-hybridized carbons (Fsp3) is 0.471. The third-order valence-corrected chi connectivity index (χ3v) is 9.71. The van der Waals surface area contributed by atoms with Crippen molar-refractivity contribution in [3.05, 3.63) is 84.1 Å². The lowest BCUT2D eigenvalue weighted by molar-refractivity contribution is -0.144. The number of phosphoric acid groups is 1. The molecule has 0 aromatic heterocycles. The number of rotatable bonds is 23. The first-order valence-corrected chi connectivity index (χ1v) is 17.8. The van der Waals surface area contributed by atoms with Crippen molar-refractivity contribution in [2.24, 2.45) is 0 Å². The van der Waals surface area contributed by atoms with Crippen LogP contribution in [-0.2, 0) is 38.2 Å². The van der Waals surface area contributed by atoms with Crippen molar-refractivity contribution in [2.45, 2.75) is 43.2 Å². The van der Waals surface area contributed by atoms with Gasteiger partial charge < -0.3 is 30.4 Å². The maximum Gasteiger partial charge on any atom is 0.472 e. The van der Waals surface area contributed by atoms with Crippen LogP contribution < -0.4 is 0 Å². The predicted octanol–water partition coefficient (Wildman–Crippen LogP) is 2.73. The van der Waals surface area contributed by atoms with E-state index in [1.807, 2.05) is 36.4 Å². The maximum absolute atomic E-state index is 13.3. The predicted molar refractivity (Wildman–Crippen MR) is 183 cm³/mol. The van der Waals surface area contributed by atoms with E-state index in [4.69, 9.17) is 9.05 Å². The van der Waals surface area contributed by atoms with E-state index in [1.165, 1.54) is 9.80 Å². The zero-order valence-electron chi connectivity index (χ0n) is 28.2. The molecule has 1 fully saturated rings. The van der Waals surface area contributed by atoms with Crippen LogP contribution in [0.1, 0.15) is 36.8 Å². The second kappa shape index (κ2) is 19.5. The van der Waals surface area contributed by atoms with Gasteiger partial charge in [0.15, 0.2) is 0 Å². The van der Waals surface area contributed by atoms with Gasteiger partial charge in [0.1, 0.15) is 0 Å². The molecule has 0 bridgehead atoms. The van der Waals surface area contributed by atoms with Crippen molar-refractivity contribution in [3.63, 3.8) is 0 Å². The molecule has 17 heteroatoms. The average Bonchev–Trinajstić information content (AvgIpc) is 3.05. The molecule has 0 amide bonds. The van der Waals surface area contributed by atoms with E-state index in [2.05, 4.69) is 30.8 Å². The first-order chi connectivity index (χ1) is 24.1. The Morgan fingerprint density at radius 3 is 1.65 bits per heavy atom. The molecule has 0 aliphatic heterocycles. The Labute approximate surface area is 295 Å². The molecule has 51 heavy (non-hydrogen) atoms.